The van der Waals surface area contributed by atoms with Crippen LogP contribution in [0.2, 0.25) is 0 Å². The topological polar surface area (TPSA) is 76.2 Å². The van der Waals surface area contributed by atoms with E-state index in [4.69, 9.17) is 9.63 Å². The van der Waals surface area contributed by atoms with Gasteiger partial charge in [0.1, 0.15) is 5.82 Å². The Balaban J connectivity index is 2.06. The second-order valence-corrected chi connectivity index (χ2v) is 5.69. The maximum Gasteiger partial charge on any atom is 0.335 e. The second kappa shape index (κ2) is 5.88. The van der Waals surface area contributed by atoms with Crippen LogP contribution in [0.5, 0.6) is 0 Å². The summed E-state index contributed by atoms with van der Waals surface area (Å²) in [5, 5.41) is 13.0. The number of aryl methyl sites for hydroxylation is 2. The molecule has 3 rings (SSSR count). The van der Waals surface area contributed by atoms with Gasteiger partial charge in [0.15, 0.2) is 0 Å². The number of aromatic carboxylic acids is 1. The normalized spacial score (nSPS) is 10.8. The number of carboxylic acids is 1. The number of rotatable bonds is 3. The molecule has 0 bridgehead atoms. The van der Waals surface area contributed by atoms with Gasteiger partial charge in [0, 0.05) is 5.56 Å². The first-order chi connectivity index (χ1) is 11.4. The molecule has 0 aliphatic heterocycles. The van der Waals surface area contributed by atoms with Crippen molar-refractivity contribution in [2.45, 2.75) is 20.8 Å². The number of nitrogens with zero attached hydrogens (tertiary/aromatic N) is 2. The molecule has 0 unspecified atom stereocenters. The van der Waals surface area contributed by atoms with Crippen LogP contribution in [0.3, 0.4) is 0 Å². The van der Waals surface area contributed by atoms with E-state index in [1.54, 1.807) is 38.1 Å². The van der Waals surface area contributed by atoms with Crippen LogP contribution in [0.4, 0.5) is 4.39 Å². The van der Waals surface area contributed by atoms with Crippen LogP contribution in [0, 0.1) is 26.6 Å². The summed E-state index contributed by atoms with van der Waals surface area (Å²) in [6.07, 6.45) is 0. The summed E-state index contributed by atoms with van der Waals surface area (Å²) in [7, 11) is 0. The van der Waals surface area contributed by atoms with Crippen molar-refractivity contribution < 1.29 is 18.8 Å². The highest BCUT2D eigenvalue weighted by atomic mass is 19.1. The van der Waals surface area contributed by atoms with Gasteiger partial charge in [0.2, 0.25) is 5.82 Å². The molecule has 5 nitrogen and oxygen atoms in total. The molecule has 0 saturated heterocycles. The van der Waals surface area contributed by atoms with Crippen LogP contribution < -0.4 is 0 Å². The Hall–Kier alpha value is -3.02. The van der Waals surface area contributed by atoms with Crippen molar-refractivity contribution in [1.82, 2.24) is 10.1 Å². The predicted molar refractivity (Wildman–Crippen MR) is 86.3 cm³/mol. The van der Waals surface area contributed by atoms with E-state index in [0.29, 0.717) is 11.1 Å². The highest BCUT2D eigenvalue weighted by Crippen LogP contribution is 2.28. The third-order valence-electron chi connectivity index (χ3n) is 3.90. The van der Waals surface area contributed by atoms with Gasteiger partial charge >= 0.3 is 5.97 Å². The van der Waals surface area contributed by atoms with Crippen molar-refractivity contribution in [3.05, 3.63) is 58.4 Å². The molecule has 0 aliphatic carbocycles. The SMILES string of the molecule is Cc1cc(C(=O)O)cc(-c2noc(-c3ccc(C)c(C)c3F)n2)c1. The molecule has 122 valence electrons. The van der Waals surface area contributed by atoms with Gasteiger partial charge in [-0.2, -0.15) is 4.98 Å². The predicted octanol–water partition coefficient (Wildman–Crippen LogP) is 4.17. The number of benzene rings is 2. The summed E-state index contributed by atoms with van der Waals surface area (Å²) in [5.74, 6) is -1.16. The summed E-state index contributed by atoms with van der Waals surface area (Å²) in [4.78, 5) is 15.4. The molecule has 0 saturated carbocycles. The molecule has 0 aliphatic rings. The van der Waals surface area contributed by atoms with Crippen molar-refractivity contribution in [3.63, 3.8) is 0 Å². The molecule has 2 aromatic carbocycles. The van der Waals surface area contributed by atoms with E-state index in [2.05, 4.69) is 10.1 Å². The van der Waals surface area contributed by atoms with Crippen molar-refractivity contribution in [2.24, 2.45) is 0 Å². The van der Waals surface area contributed by atoms with E-state index in [1.165, 1.54) is 6.07 Å². The molecule has 0 spiro atoms. The maximum absolute atomic E-state index is 14.4. The van der Waals surface area contributed by atoms with Crippen molar-refractivity contribution >= 4 is 5.97 Å². The Kier molecular flexibility index (Phi) is 3.89. The Morgan fingerprint density at radius 3 is 2.62 bits per heavy atom. The molecule has 24 heavy (non-hydrogen) atoms. The summed E-state index contributed by atoms with van der Waals surface area (Å²) >= 11 is 0. The molecule has 1 heterocycles. The van der Waals surface area contributed by atoms with Crippen LogP contribution in [0.25, 0.3) is 22.8 Å². The van der Waals surface area contributed by atoms with Gasteiger partial charge in [-0.3, -0.25) is 0 Å². The number of aromatic nitrogens is 2. The van der Waals surface area contributed by atoms with Gasteiger partial charge in [0.25, 0.3) is 5.89 Å². The van der Waals surface area contributed by atoms with Crippen molar-refractivity contribution in [2.75, 3.05) is 0 Å². The quantitative estimate of drug-likeness (QED) is 0.782. The molecular weight excluding hydrogens is 311 g/mol. The van der Waals surface area contributed by atoms with Gasteiger partial charge in [-0.25, -0.2) is 9.18 Å². The fourth-order valence-electron chi connectivity index (χ4n) is 2.43. The fourth-order valence-corrected chi connectivity index (χ4v) is 2.43. The minimum absolute atomic E-state index is 0.0592. The maximum atomic E-state index is 14.4. The Morgan fingerprint density at radius 1 is 1.17 bits per heavy atom. The third-order valence-corrected chi connectivity index (χ3v) is 3.90. The standard InChI is InChI=1S/C18H15FN2O3/c1-9-6-12(8-13(7-9)18(22)23)16-20-17(24-21-16)14-5-4-10(2)11(3)15(14)19/h4-8H,1-3H3,(H,22,23). The molecule has 0 fully saturated rings. The van der Waals surface area contributed by atoms with Gasteiger partial charge < -0.3 is 9.63 Å². The van der Waals surface area contributed by atoms with Crippen molar-refractivity contribution in [3.8, 4) is 22.8 Å². The van der Waals surface area contributed by atoms with Gasteiger partial charge in [-0.1, -0.05) is 11.2 Å². The van der Waals surface area contributed by atoms with Gasteiger partial charge in [0.05, 0.1) is 11.1 Å². The fraction of sp³-hybridized carbons (Fsp3) is 0.167. The molecule has 1 N–H and O–H groups in total. The summed E-state index contributed by atoms with van der Waals surface area (Å²) in [5.41, 5.74) is 2.98. The van der Waals surface area contributed by atoms with Crippen molar-refractivity contribution in [1.29, 1.82) is 0 Å². The largest absolute Gasteiger partial charge is 0.478 e. The zero-order chi connectivity index (χ0) is 17.4. The number of carbonyl (C=O) groups is 1. The zero-order valence-electron chi connectivity index (χ0n) is 13.4. The number of hydrogen-bond donors (Lipinski definition) is 1. The average Bonchev–Trinajstić information content (AvgIpc) is 3.02. The van der Waals surface area contributed by atoms with Crippen LogP contribution in [-0.2, 0) is 0 Å². The van der Waals surface area contributed by atoms with Crippen LogP contribution in [0.15, 0.2) is 34.9 Å². The minimum Gasteiger partial charge on any atom is -0.478 e. The summed E-state index contributed by atoms with van der Waals surface area (Å²) in [6.45, 7) is 5.28. The highest BCUT2D eigenvalue weighted by molar-refractivity contribution is 5.89. The second-order valence-electron chi connectivity index (χ2n) is 5.69. The highest BCUT2D eigenvalue weighted by Gasteiger charge is 2.17. The lowest BCUT2D eigenvalue weighted by atomic mass is 10.0. The minimum atomic E-state index is -1.04. The first-order valence-corrected chi connectivity index (χ1v) is 7.32. The van der Waals surface area contributed by atoms with Crippen LogP contribution in [0.1, 0.15) is 27.0 Å². The molecule has 0 amide bonds. The van der Waals surface area contributed by atoms with E-state index in [9.17, 15) is 9.18 Å². The van der Waals surface area contributed by atoms with Gasteiger partial charge in [-0.15, -0.1) is 0 Å². The van der Waals surface area contributed by atoms with E-state index in [-0.39, 0.29) is 22.8 Å². The summed E-state index contributed by atoms with van der Waals surface area (Å²) in [6, 6.07) is 8.13. The van der Waals surface area contributed by atoms with Gasteiger partial charge in [-0.05, 0) is 61.7 Å². The Labute approximate surface area is 137 Å². The summed E-state index contributed by atoms with van der Waals surface area (Å²) < 4.78 is 19.6. The number of hydrogen-bond acceptors (Lipinski definition) is 4. The monoisotopic (exact) mass is 326 g/mol. The molecular formula is C18H15FN2O3. The smallest absolute Gasteiger partial charge is 0.335 e. The average molecular weight is 326 g/mol. The van der Waals surface area contributed by atoms with E-state index >= 15 is 0 Å². The number of halogens is 1. The zero-order valence-corrected chi connectivity index (χ0v) is 13.4. The van der Waals surface area contributed by atoms with Crippen LogP contribution in [-0.4, -0.2) is 21.2 Å². The Bertz CT molecular complexity index is 947. The lowest BCUT2D eigenvalue weighted by Gasteiger charge is -2.04. The lowest BCUT2D eigenvalue weighted by molar-refractivity contribution is 0.0697. The lowest BCUT2D eigenvalue weighted by Crippen LogP contribution is -1.97. The van der Waals surface area contributed by atoms with E-state index < -0.39 is 11.8 Å². The number of carboxylic acid groups (broad SMARTS) is 1. The third kappa shape index (κ3) is 2.78. The Morgan fingerprint density at radius 2 is 1.92 bits per heavy atom. The first kappa shape index (κ1) is 15.9. The molecule has 6 heteroatoms. The molecule has 3 aromatic rings. The first-order valence-electron chi connectivity index (χ1n) is 7.32. The van der Waals surface area contributed by atoms with E-state index in [1.807, 2.05) is 6.92 Å². The molecule has 0 atom stereocenters. The molecule has 0 radical (unpaired) electrons. The molecule has 1 aromatic heterocycles. The van der Waals surface area contributed by atoms with E-state index in [0.717, 1.165) is 11.1 Å². The van der Waals surface area contributed by atoms with Crippen LogP contribution >= 0.6 is 0 Å².